The van der Waals surface area contributed by atoms with Crippen molar-refractivity contribution in [2.45, 2.75) is 137 Å². The van der Waals surface area contributed by atoms with Gasteiger partial charge < -0.3 is 34.2 Å². The molecule has 0 aliphatic heterocycles. The van der Waals surface area contributed by atoms with E-state index in [0.29, 0.717) is 24.8 Å². The zero-order valence-corrected chi connectivity index (χ0v) is 26.1. The molecule has 5 atom stereocenters. The van der Waals surface area contributed by atoms with E-state index >= 15 is 0 Å². The number of benzene rings is 1. The molecule has 42 heavy (non-hydrogen) atoms. The molecule has 1 rings (SSSR count). The van der Waals surface area contributed by atoms with Gasteiger partial charge in [-0.05, 0) is 71.1 Å². The maximum atomic E-state index is 12.7. The molecule has 1 aromatic rings. The van der Waals surface area contributed by atoms with Gasteiger partial charge in [-0.25, -0.2) is 9.59 Å². The van der Waals surface area contributed by atoms with Crippen molar-refractivity contribution in [2.24, 2.45) is 5.73 Å². The van der Waals surface area contributed by atoms with Crippen LogP contribution < -0.4 is 15.2 Å². The van der Waals surface area contributed by atoms with Gasteiger partial charge in [-0.2, -0.15) is 0 Å². The first-order chi connectivity index (χ1) is 19.9. The van der Waals surface area contributed by atoms with Gasteiger partial charge in [0, 0.05) is 6.42 Å². The van der Waals surface area contributed by atoms with Gasteiger partial charge in [-0.15, -0.1) is 0 Å². The lowest BCUT2D eigenvalue weighted by Gasteiger charge is -2.22. The zero-order valence-electron chi connectivity index (χ0n) is 26.1. The summed E-state index contributed by atoms with van der Waals surface area (Å²) in [5, 5.41) is 0. The lowest BCUT2D eigenvalue weighted by molar-refractivity contribution is -0.166. The van der Waals surface area contributed by atoms with E-state index in [1.807, 2.05) is 20.8 Å². The minimum absolute atomic E-state index is 0.0205. The van der Waals surface area contributed by atoms with E-state index in [1.165, 1.54) is 12.1 Å². The number of carbonyl (C=O) groups excluding carboxylic acids is 4. The molecule has 1 aromatic carbocycles. The molecule has 0 aliphatic carbocycles. The minimum Gasteiger partial charge on any atom is -0.459 e. The van der Waals surface area contributed by atoms with Crippen LogP contribution in [0.15, 0.2) is 18.2 Å². The second-order valence-corrected chi connectivity index (χ2v) is 10.5. The second kappa shape index (κ2) is 19.7. The average molecular weight is 596 g/mol. The molecule has 0 amide bonds. The number of hydrogen-bond acceptors (Lipinski definition) is 11. The zero-order chi connectivity index (χ0) is 31.7. The van der Waals surface area contributed by atoms with Gasteiger partial charge in [-0.1, -0.05) is 52.5 Å². The number of ether oxygens (including phenoxy) is 6. The van der Waals surface area contributed by atoms with Crippen LogP contribution in [0.1, 0.15) is 105 Å². The first-order valence-electron chi connectivity index (χ1n) is 14.9. The van der Waals surface area contributed by atoms with Crippen molar-refractivity contribution in [1.82, 2.24) is 0 Å². The quantitative estimate of drug-likeness (QED) is 0.0868. The van der Waals surface area contributed by atoms with Crippen molar-refractivity contribution >= 4 is 24.2 Å². The summed E-state index contributed by atoms with van der Waals surface area (Å²) >= 11 is 0. The molecule has 0 saturated heterocycles. The number of esters is 2. The molecule has 2 N–H and O–H groups in total. The molecular formula is C31H49NO10. The van der Waals surface area contributed by atoms with Crippen LogP contribution in [-0.2, 0) is 35.0 Å². The number of unbranched alkanes of at least 4 members (excludes halogenated alkanes) is 2. The van der Waals surface area contributed by atoms with E-state index in [0.717, 1.165) is 32.1 Å². The molecule has 0 radical (unpaired) electrons. The highest BCUT2D eigenvalue weighted by Crippen LogP contribution is 2.30. The Balaban J connectivity index is 2.93. The Morgan fingerprint density at radius 2 is 1.26 bits per heavy atom. The highest BCUT2D eigenvalue weighted by molar-refractivity contribution is 5.76. The summed E-state index contributed by atoms with van der Waals surface area (Å²) in [6.07, 6.45) is 1.92. The SMILES string of the molecule is CCCCCC(=O)O[C@@H](C)[C@H](C)OC(=O)[C@@H](N)Cc1ccc(OC(=O)OC(C)CCC)c(OC(=O)OC(C)CCC)c1. The van der Waals surface area contributed by atoms with Crippen LogP contribution in [0.5, 0.6) is 11.5 Å². The van der Waals surface area contributed by atoms with E-state index in [1.54, 1.807) is 33.8 Å². The van der Waals surface area contributed by atoms with Crippen LogP contribution >= 0.6 is 0 Å². The maximum absolute atomic E-state index is 12.7. The lowest BCUT2D eigenvalue weighted by atomic mass is 10.1. The molecule has 2 unspecified atom stereocenters. The standard InChI is InChI=1S/C31H49NO10/c1-8-11-12-15-28(33)39-22(6)23(7)40-29(34)25(32)18-24-16-17-26(41-30(35)37-20(4)13-9-2)27(19-24)42-31(36)38-21(5)14-10-3/h16-17,19-23,25H,8-15,18,32H2,1-7H3/t20?,21?,22-,23-,25-/m0/s1. The summed E-state index contributed by atoms with van der Waals surface area (Å²) in [7, 11) is 0. The summed E-state index contributed by atoms with van der Waals surface area (Å²) < 4.78 is 32.0. The average Bonchev–Trinajstić information content (AvgIpc) is 2.90. The number of nitrogens with two attached hydrogens (primary N) is 1. The predicted molar refractivity (Wildman–Crippen MR) is 156 cm³/mol. The van der Waals surface area contributed by atoms with E-state index in [9.17, 15) is 19.2 Å². The number of hydrogen-bond donors (Lipinski definition) is 1. The Labute approximate surface area is 249 Å². The molecule has 0 aliphatic rings. The second-order valence-electron chi connectivity index (χ2n) is 10.5. The summed E-state index contributed by atoms with van der Waals surface area (Å²) in [5.74, 6) is -1.20. The Hall–Kier alpha value is -3.34. The first kappa shape index (κ1) is 36.7. The van der Waals surface area contributed by atoms with Crippen LogP contribution in [0.25, 0.3) is 0 Å². The van der Waals surface area contributed by atoms with Gasteiger partial charge in [0.1, 0.15) is 30.5 Å². The molecule has 0 saturated carbocycles. The molecule has 11 heteroatoms. The molecule has 0 heterocycles. The normalized spacial score (nSPS) is 14.5. The van der Waals surface area contributed by atoms with Crippen molar-refractivity contribution in [3.63, 3.8) is 0 Å². The molecule has 0 aromatic heterocycles. The van der Waals surface area contributed by atoms with Crippen LogP contribution in [0.4, 0.5) is 9.59 Å². The summed E-state index contributed by atoms with van der Waals surface area (Å²) in [4.78, 5) is 49.4. The van der Waals surface area contributed by atoms with Crippen LogP contribution in [-0.4, -0.2) is 54.7 Å². The molecular weight excluding hydrogens is 546 g/mol. The minimum atomic E-state index is -1.07. The largest absolute Gasteiger partial charge is 0.514 e. The van der Waals surface area contributed by atoms with Gasteiger partial charge in [0.2, 0.25) is 0 Å². The number of carbonyl (C=O) groups is 4. The third kappa shape index (κ3) is 14.5. The monoisotopic (exact) mass is 595 g/mol. The van der Waals surface area contributed by atoms with Crippen molar-refractivity contribution in [3.05, 3.63) is 23.8 Å². The van der Waals surface area contributed by atoms with E-state index in [-0.39, 0.29) is 36.1 Å². The van der Waals surface area contributed by atoms with Crippen molar-refractivity contribution < 1.29 is 47.6 Å². The molecule has 0 spiro atoms. The van der Waals surface area contributed by atoms with E-state index in [4.69, 9.17) is 34.2 Å². The fourth-order valence-corrected chi connectivity index (χ4v) is 3.92. The van der Waals surface area contributed by atoms with Crippen LogP contribution in [0.2, 0.25) is 0 Å². The fourth-order valence-electron chi connectivity index (χ4n) is 3.92. The van der Waals surface area contributed by atoms with Crippen molar-refractivity contribution in [3.8, 4) is 11.5 Å². The Morgan fingerprint density at radius 3 is 1.81 bits per heavy atom. The summed E-state index contributed by atoms with van der Waals surface area (Å²) in [6, 6.07) is 3.35. The van der Waals surface area contributed by atoms with Crippen molar-refractivity contribution in [1.29, 1.82) is 0 Å². The highest BCUT2D eigenvalue weighted by atomic mass is 16.7. The first-order valence-corrected chi connectivity index (χ1v) is 14.9. The van der Waals surface area contributed by atoms with Gasteiger partial charge in [0.15, 0.2) is 11.5 Å². The molecule has 11 nitrogen and oxygen atoms in total. The third-order valence-corrected chi connectivity index (χ3v) is 6.40. The van der Waals surface area contributed by atoms with Gasteiger partial charge >= 0.3 is 24.2 Å². The Morgan fingerprint density at radius 1 is 0.714 bits per heavy atom. The Bertz CT molecular complexity index is 998. The Kier molecular flexibility index (Phi) is 17.2. The van der Waals surface area contributed by atoms with Gasteiger partial charge in [0.25, 0.3) is 0 Å². The predicted octanol–water partition coefficient (Wildman–Crippen LogP) is 6.41. The van der Waals surface area contributed by atoms with Gasteiger partial charge in [0.05, 0.1) is 0 Å². The van der Waals surface area contributed by atoms with Crippen LogP contribution in [0.3, 0.4) is 0 Å². The van der Waals surface area contributed by atoms with Gasteiger partial charge in [-0.3, -0.25) is 9.59 Å². The van der Waals surface area contributed by atoms with Crippen molar-refractivity contribution in [2.75, 3.05) is 0 Å². The fraction of sp³-hybridized carbons (Fsp3) is 0.677. The smallest absolute Gasteiger partial charge is 0.459 e. The molecule has 0 bridgehead atoms. The maximum Gasteiger partial charge on any atom is 0.514 e. The van der Waals surface area contributed by atoms with Crippen LogP contribution in [0, 0.1) is 0 Å². The molecule has 238 valence electrons. The number of rotatable bonds is 18. The van der Waals surface area contributed by atoms with E-state index in [2.05, 4.69) is 0 Å². The topological polar surface area (TPSA) is 150 Å². The highest BCUT2D eigenvalue weighted by Gasteiger charge is 2.25. The molecule has 0 fully saturated rings. The summed E-state index contributed by atoms with van der Waals surface area (Å²) in [5.41, 5.74) is 6.62. The lowest BCUT2D eigenvalue weighted by Crippen LogP contribution is -2.39. The van der Waals surface area contributed by atoms with E-state index < -0.39 is 36.5 Å². The third-order valence-electron chi connectivity index (χ3n) is 6.40. The summed E-state index contributed by atoms with van der Waals surface area (Å²) in [6.45, 7) is 12.7.